The first-order chi connectivity index (χ1) is 13.8. The number of benzene rings is 2. The fourth-order valence-electron chi connectivity index (χ4n) is 3.27. The predicted molar refractivity (Wildman–Crippen MR) is 114 cm³/mol. The quantitative estimate of drug-likeness (QED) is 0.480. The van der Waals surface area contributed by atoms with Gasteiger partial charge in [-0.1, -0.05) is 66.7 Å². The van der Waals surface area contributed by atoms with Crippen LogP contribution in [-0.4, -0.2) is 26.1 Å². The number of unbranched alkanes of at least 4 members (excludes halogenated alkanes) is 1. The van der Waals surface area contributed by atoms with E-state index in [2.05, 4.69) is 87.0 Å². The third-order valence-corrected chi connectivity index (χ3v) is 4.69. The second-order valence-electron chi connectivity index (χ2n) is 6.67. The fourth-order valence-corrected chi connectivity index (χ4v) is 3.27. The molecular weight excluding hydrogens is 346 g/mol. The van der Waals surface area contributed by atoms with Crippen molar-refractivity contribution in [2.24, 2.45) is 7.05 Å². The first-order valence-corrected chi connectivity index (χ1v) is 9.50. The Bertz CT molecular complexity index is 1030. The van der Waals surface area contributed by atoms with Crippen molar-refractivity contribution in [1.29, 1.82) is 0 Å². The molecular formula is C23H23N5. The number of aryl methyl sites for hydroxylation is 1. The van der Waals surface area contributed by atoms with E-state index in [0.29, 0.717) is 0 Å². The van der Waals surface area contributed by atoms with E-state index < -0.39 is 0 Å². The first kappa shape index (κ1) is 17.9. The summed E-state index contributed by atoms with van der Waals surface area (Å²) in [5.41, 5.74) is 5.42. The van der Waals surface area contributed by atoms with Crippen molar-refractivity contribution in [2.75, 3.05) is 11.9 Å². The van der Waals surface area contributed by atoms with Crippen LogP contribution in [0.3, 0.4) is 0 Å². The van der Waals surface area contributed by atoms with Gasteiger partial charge >= 0.3 is 0 Å². The molecule has 4 rings (SSSR count). The predicted octanol–water partition coefficient (Wildman–Crippen LogP) is 4.69. The van der Waals surface area contributed by atoms with Crippen LogP contribution in [0.4, 0.5) is 5.82 Å². The highest BCUT2D eigenvalue weighted by atomic mass is 15.1. The standard InChI is InChI=1S/C23H23N5/c1-28-17-27-21-22(25-16-26-23(21)28)24-15-9-8-14-20(18-10-4-2-5-11-18)19-12-6-3-7-13-19/h2-7,10-14,16-17H,8-9,15H2,1H3,(H,24,25,26). The Morgan fingerprint density at radius 2 is 1.61 bits per heavy atom. The topological polar surface area (TPSA) is 55.6 Å². The number of anilines is 1. The molecule has 28 heavy (non-hydrogen) atoms. The Labute approximate surface area is 164 Å². The maximum absolute atomic E-state index is 4.39. The molecule has 0 radical (unpaired) electrons. The van der Waals surface area contributed by atoms with Crippen molar-refractivity contribution in [3.05, 3.63) is 90.5 Å². The molecule has 140 valence electrons. The Morgan fingerprint density at radius 1 is 0.929 bits per heavy atom. The largest absolute Gasteiger partial charge is 0.368 e. The van der Waals surface area contributed by atoms with Gasteiger partial charge in [0.1, 0.15) is 11.8 Å². The third-order valence-electron chi connectivity index (χ3n) is 4.69. The Morgan fingerprint density at radius 3 is 2.29 bits per heavy atom. The monoisotopic (exact) mass is 369 g/mol. The smallest absolute Gasteiger partial charge is 0.165 e. The number of aromatic nitrogens is 4. The van der Waals surface area contributed by atoms with E-state index in [1.54, 1.807) is 12.7 Å². The Balaban J connectivity index is 1.43. The van der Waals surface area contributed by atoms with E-state index in [9.17, 15) is 0 Å². The zero-order chi connectivity index (χ0) is 19.2. The van der Waals surface area contributed by atoms with E-state index in [1.165, 1.54) is 16.7 Å². The molecule has 0 fully saturated rings. The zero-order valence-electron chi connectivity index (χ0n) is 15.9. The van der Waals surface area contributed by atoms with Crippen molar-refractivity contribution in [1.82, 2.24) is 19.5 Å². The molecule has 4 aromatic rings. The van der Waals surface area contributed by atoms with Gasteiger partial charge in [-0.05, 0) is 29.5 Å². The van der Waals surface area contributed by atoms with Gasteiger partial charge in [-0.25, -0.2) is 15.0 Å². The van der Waals surface area contributed by atoms with Crippen molar-refractivity contribution in [3.63, 3.8) is 0 Å². The van der Waals surface area contributed by atoms with Crippen molar-refractivity contribution >= 4 is 22.6 Å². The van der Waals surface area contributed by atoms with Crippen LogP contribution < -0.4 is 5.32 Å². The van der Waals surface area contributed by atoms with Crippen LogP contribution in [0.1, 0.15) is 24.0 Å². The summed E-state index contributed by atoms with van der Waals surface area (Å²) in [6.45, 7) is 0.829. The number of hydrogen-bond acceptors (Lipinski definition) is 4. The zero-order valence-corrected chi connectivity index (χ0v) is 15.9. The van der Waals surface area contributed by atoms with Crippen LogP contribution in [-0.2, 0) is 7.05 Å². The minimum Gasteiger partial charge on any atom is -0.368 e. The molecule has 0 saturated heterocycles. The average molecular weight is 369 g/mol. The molecule has 1 N–H and O–H groups in total. The third kappa shape index (κ3) is 3.93. The first-order valence-electron chi connectivity index (χ1n) is 9.50. The van der Waals surface area contributed by atoms with Gasteiger partial charge in [-0.2, -0.15) is 0 Å². The summed E-state index contributed by atoms with van der Waals surface area (Å²) in [5, 5.41) is 3.40. The van der Waals surface area contributed by atoms with Crippen molar-refractivity contribution < 1.29 is 0 Å². The minimum atomic E-state index is 0.793. The van der Waals surface area contributed by atoms with Crippen LogP contribution in [0.5, 0.6) is 0 Å². The molecule has 0 aliphatic rings. The van der Waals surface area contributed by atoms with Crippen LogP contribution in [0.2, 0.25) is 0 Å². The summed E-state index contributed by atoms with van der Waals surface area (Å²) in [5.74, 6) is 0.793. The average Bonchev–Trinajstić information content (AvgIpc) is 3.14. The van der Waals surface area contributed by atoms with Gasteiger partial charge in [0.15, 0.2) is 11.5 Å². The molecule has 0 atom stereocenters. The van der Waals surface area contributed by atoms with E-state index in [1.807, 2.05) is 11.6 Å². The molecule has 5 nitrogen and oxygen atoms in total. The number of rotatable bonds is 7. The maximum Gasteiger partial charge on any atom is 0.165 e. The summed E-state index contributed by atoms with van der Waals surface area (Å²) in [4.78, 5) is 13.0. The van der Waals surface area contributed by atoms with Crippen molar-refractivity contribution in [3.8, 4) is 0 Å². The molecule has 2 aromatic carbocycles. The van der Waals surface area contributed by atoms with Gasteiger partial charge in [0.2, 0.25) is 0 Å². The lowest BCUT2D eigenvalue weighted by molar-refractivity contribution is 0.884. The van der Waals surface area contributed by atoms with E-state index in [0.717, 1.165) is 36.4 Å². The second-order valence-corrected chi connectivity index (χ2v) is 6.67. The van der Waals surface area contributed by atoms with Gasteiger partial charge in [-0.3, -0.25) is 0 Å². The van der Waals surface area contributed by atoms with Gasteiger partial charge in [-0.15, -0.1) is 0 Å². The van der Waals surface area contributed by atoms with E-state index >= 15 is 0 Å². The Kier molecular flexibility index (Phi) is 5.43. The molecule has 0 spiro atoms. The summed E-state index contributed by atoms with van der Waals surface area (Å²) in [6.07, 6.45) is 7.64. The summed E-state index contributed by atoms with van der Waals surface area (Å²) >= 11 is 0. The van der Waals surface area contributed by atoms with Gasteiger partial charge in [0, 0.05) is 13.6 Å². The molecule has 0 aliphatic carbocycles. The lowest BCUT2D eigenvalue weighted by Gasteiger charge is -2.09. The number of hydrogen-bond donors (Lipinski definition) is 1. The molecule has 2 heterocycles. The lowest BCUT2D eigenvalue weighted by atomic mass is 9.96. The van der Waals surface area contributed by atoms with Crippen LogP contribution in [0.25, 0.3) is 16.7 Å². The maximum atomic E-state index is 4.39. The summed E-state index contributed by atoms with van der Waals surface area (Å²) in [7, 11) is 1.94. The summed E-state index contributed by atoms with van der Waals surface area (Å²) in [6, 6.07) is 21.1. The minimum absolute atomic E-state index is 0.793. The second kappa shape index (κ2) is 8.48. The van der Waals surface area contributed by atoms with Crippen molar-refractivity contribution in [2.45, 2.75) is 12.8 Å². The molecule has 2 aromatic heterocycles. The number of nitrogens with one attached hydrogen (secondary N) is 1. The molecule has 0 saturated carbocycles. The molecule has 0 unspecified atom stereocenters. The van der Waals surface area contributed by atoms with Gasteiger partial charge in [0.05, 0.1) is 6.33 Å². The highest BCUT2D eigenvalue weighted by Crippen LogP contribution is 2.24. The SMILES string of the molecule is Cn1cnc2c(NCCCC=C(c3ccccc3)c3ccccc3)ncnc21. The van der Waals surface area contributed by atoms with Crippen LogP contribution in [0.15, 0.2) is 79.4 Å². The van der Waals surface area contributed by atoms with Crippen LogP contribution >= 0.6 is 0 Å². The lowest BCUT2D eigenvalue weighted by Crippen LogP contribution is -2.04. The number of allylic oxidation sites excluding steroid dienone is 1. The molecule has 0 bridgehead atoms. The van der Waals surface area contributed by atoms with Gasteiger partial charge < -0.3 is 9.88 Å². The van der Waals surface area contributed by atoms with E-state index in [4.69, 9.17) is 0 Å². The van der Waals surface area contributed by atoms with Crippen LogP contribution in [0, 0.1) is 0 Å². The number of nitrogens with zero attached hydrogens (tertiary/aromatic N) is 4. The Hall–Kier alpha value is -3.47. The molecule has 0 amide bonds. The number of fused-ring (bicyclic) bond motifs is 1. The normalized spacial score (nSPS) is 10.8. The number of imidazole rings is 1. The molecule has 5 heteroatoms. The fraction of sp³-hybridized carbons (Fsp3) is 0.174. The van der Waals surface area contributed by atoms with E-state index in [-0.39, 0.29) is 0 Å². The highest BCUT2D eigenvalue weighted by molar-refractivity contribution is 5.82. The van der Waals surface area contributed by atoms with Gasteiger partial charge in [0.25, 0.3) is 0 Å². The highest BCUT2D eigenvalue weighted by Gasteiger charge is 2.07. The molecule has 0 aliphatic heterocycles. The summed E-state index contributed by atoms with van der Waals surface area (Å²) < 4.78 is 1.90.